The van der Waals surface area contributed by atoms with Crippen molar-refractivity contribution in [2.75, 3.05) is 7.11 Å². The number of ether oxygens (including phenoxy) is 1. The molecular weight excluding hydrogens is 1050 g/mol. The van der Waals surface area contributed by atoms with Gasteiger partial charge in [0.1, 0.15) is 0 Å². The number of carboxylic acid groups (broad SMARTS) is 1. The zero-order chi connectivity index (χ0) is 62.6. The van der Waals surface area contributed by atoms with Crippen LogP contribution in [0.5, 0.6) is 0 Å². The van der Waals surface area contributed by atoms with E-state index < -0.39 is 14.3 Å². The van der Waals surface area contributed by atoms with Gasteiger partial charge in [-0.15, -0.1) is 0 Å². The molecule has 6 nitrogen and oxygen atoms in total. The lowest BCUT2D eigenvalue weighted by Crippen LogP contribution is -2.47. The molecule has 6 aromatic rings. The lowest BCUT2D eigenvalue weighted by atomic mass is 9.69. The molecule has 6 aromatic carbocycles. The van der Waals surface area contributed by atoms with Crippen LogP contribution in [0.1, 0.15) is 208 Å². The average Bonchev–Trinajstić information content (AvgIpc) is 1.71. The summed E-state index contributed by atoms with van der Waals surface area (Å²) in [6.45, 7) is 43.1. The Morgan fingerprint density at radius 3 is 1.24 bits per heavy atom. The van der Waals surface area contributed by atoms with Crippen LogP contribution < -0.4 is 0 Å². The van der Waals surface area contributed by atoms with Crippen molar-refractivity contribution < 1.29 is 29.0 Å². The number of aliphatic hydroxyl groups excluding tert-OH is 1. The van der Waals surface area contributed by atoms with Crippen LogP contribution in [-0.4, -0.2) is 49.8 Å². The van der Waals surface area contributed by atoms with E-state index in [4.69, 9.17) is 14.3 Å². The van der Waals surface area contributed by atoms with Crippen molar-refractivity contribution in [3.8, 4) is 22.3 Å². The first-order chi connectivity index (χ1) is 39.3. The standard InChI is InChI=1S/C42H62O3Si.C35H46O3/c1-14-42(15-2,36-23-24-37(31(4)28-36)34-18-16-17-32(29-34)19-26-39(43)44-11)35-22-20-33(30(3)27-35)21-25-38(40(5,6)7)45-46(12,13)41(8,9)10;1-8-35(9-2,29-16-14-27(24(3)21-29)15-19-32(36)34(5,6)7)30-17-18-31(25(4)22-30)28-12-10-11-26(23-28)13-20-33(37)38/h16-18,20,22-24,27-29,38H,14-15,19,21,25-26H2,1-13H3;10-12,14,16-18,21-23,32,36H,8-9,13,15,19-20H2,1-7H3,(H,37,38). The molecule has 456 valence electrons. The molecule has 7 heteroatoms. The zero-order valence-corrected chi connectivity index (χ0v) is 56.7. The largest absolute Gasteiger partial charge is 0.481 e. The normalized spacial score (nSPS) is 13.2. The Balaban J connectivity index is 0.000000313. The highest BCUT2D eigenvalue weighted by molar-refractivity contribution is 6.74. The van der Waals surface area contributed by atoms with Gasteiger partial charge in [-0.2, -0.15) is 0 Å². The fourth-order valence-electron chi connectivity index (χ4n) is 12.2. The molecule has 0 spiro atoms. The maximum atomic E-state index is 11.7. The summed E-state index contributed by atoms with van der Waals surface area (Å²) in [4.78, 5) is 22.7. The third-order valence-corrected chi connectivity index (χ3v) is 23.8. The number of aliphatic carboxylic acids is 1. The number of methoxy groups -OCH3 is 1. The SMILES string of the molecule is CCC(CC)(c1ccc(CCC(O)C(C)(C)C)c(C)c1)c1ccc(-c2cccc(CCC(=O)O)c2)c(C)c1.CCC(CC)(c1ccc(CCC(O[Si](C)(C)C(C)(C)C)C(C)(C)C)c(C)c1)c1ccc(-c2cccc(CCC(=O)OC)c2)c(C)c1. The van der Waals surface area contributed by atoms with Crippen LogP contribution in [0.3, 0.4) is 0 Å². The Bertz CT molecular complexity index is 3130. The summed E-state index contributed by atoms with van der Waals surface area (Å²) >= 11 is 0. The highest BCUT2D eigenvalue weighted by Crippen LogP contribution is 2.45. The summed E-state index contributed by atoms with van der Waals surface area (Å²) in [5.41, 5.74) is 20.2. The number of hydrogen-bond donors (Lipinski definition) is 2. The molecule has 0 aliphatic rings. The second kappa shape index (κ2) is 29.2. The first-order valence-corrected chi connectivity index (χ1v) is 34.5. The maximum absolute atomic E-state index is 11.7. The van der Waals surface area contributed by atoms with E-state index in [-0.39, 0.29) is 51.3 Å². The van der Waals surface area contributed by atoms with Crippen LogP contribution >= 0.6 is 0 Å². The van der Waals surface area contributed by atoms with Crippen molar-refractivity contribution in [3.63, 3.8) is 0 Å². The van der Waals surface area contributed by atoms with Gasteiger partial charge in [0.2, 0.25) is 0 Å². The van der Waals surface area contributed by atoms with E-state index in [9.17, 15) is 14.7 Å². The van der Waals surface area contributed by atoms with Crippen molar-refractivity contribution in [2.45, 2.75) is 236 Å². The van der Waals surface area contributed by atoms with Crippen molar-refractivity contribution >= 4 is 20.3 Å². The molecule has 0 aliphatic heterocycles. The van der Waals surface area contributed by atoms with Gasteiger partial charge in [0.05, 0.1) is 19.3 Å². The number of carbonyl (C=O) groups excluding carboxylic acids is 1. The van der Waals surface area contributed by atoms with Gasteiger partial charge in [-0.25, -0.2) is 0 Å². The van der Waals surface area contributed by atoms with E-state index in [2.05, 4.69) is 240 Å². The Morgan fingerprint density at radius 2 is 0.893 bits per heavy atom. The van der Waals surface area contributed by atoms with E-state index >= 15 is 0 Å². The van der Waals surface area contributed by atoms with Crippen LogP contribution in [0.4, 0.5) is 0 Å². The minimum Gasteiger partial charge on any atom is -0.481 e. The Kier molecular flexibility index (Phi) is 24.0. The molecule has 0 heterocycles. The quantitative estimate of drug-likeness (QED) is 0.0463. The van der Waals surface area contributed by atoms with Gasteiger partial charge in [-0.3, -0.25) is 9.59 Å². The molecule has 0 aromatic heterocycles. The smallest absolute Gasteiger partial charge is 0.305 e. The molecule has 0 amide bonds. The van der Waals surface area contributed by atoms with Gasteiger partial charge in [-0.05, 0) is 210 Å². The monoisotopic (exact) mass is 1160 g/mol. The first-order valence-electron chi connectivity index (χ1n) is 31.5. The summed E-state index contributed by atoms with van der Waals surface area (Å²) in [5.74, 6) is -0.938. The van der Waals surface area contributed by atoms with E-state index in [0.29, 0.717) is 19.3 Å². The Hall–Kier alpha value is -5.60. The van der Waals surface area contributed by atoms with Crippen LogP contribution in [0.15, 0.2) is 121 Å². The fraction of sp³-hybridized carbons (Fsp3) is 0.506. The van der Waals surface area contributed by atoms with Crippen molar-refractivity contribution in [2.24, 2.45) is 10.8 Å². The van der Waals surface area contributed by atoms with Crippen LogP contribution in [0, 0.1) is 38.5 Å². The number of aryl methyl sites for hydroxylation is 8. The predicted molar refractivity (Wildman–Crippen MR) is 358 cm³/mol. The number of benzene rings is 6. The number of carboxylic acids is 1. The lowest BCUT2D eigenvalue weighted by molar-refractivity contribution is -0.140. The van der Waals surface area contributed by atoms with Crippen molar-refractivity contribution in [1.82, 2.24) is 0 Å². The van der Waals surface area contributed by atoms with E-state index in [0.717, 1.165) is 68.1 Å². The Labute approximate surface area is 510 Å². The number of hydrogen-bond acceptors (Lipinski definition) is 5. The lowest BCUT2D eigenvalue weighted by Gasteiger charge is -2.43. The van der Waals surface area contributed by atoms with E-state index in [1.165, 1.54) is 79.4 Å². The summed E-state index contributed by atoms with van der Waals surface area (Å²) < 4.78 is 11.8. The van der Waals surface area contributed by atoms with Crippen LogP contribution in [0.25, 0.3) is 22.3 Å². The van der Waals surface area contributed by atoms with Crippen molar-refractivity contribution in [1.29, 1.82) is 0 Å². The molecule has 2 atom stereocenters. The van der Waals surface area contributed by atoms with Gasteiger partial charge >= 0.3 is 11.9 Å². The number of esters is 1. The van der Waals surface area contributed by atoms with Gasteiger partial charge in [-0.1, -0.05) is 211 Å². The molecule has 84 heavy (non-hydrogen) atoms. The Morgan fingerprint density at radius 1 is 0.500 bits per heavy atom. The molecule has 0 saturated carbocycles. The molecule has 0 bridgehead atoms. The minimum absolute atomic E-state index is 0.0473. The first kappa shape index (κ1) is 69.2. The van der Waals surface area contributed by atoms with Crippen LogP contribution in [0.2, 0.25) is 18.1 Å². The summed E-state index contributed by atoms with van der Waals surface area (Å²) in [7, 11) is -0.425. The molecule has 0 radical (unpaired) electrons. The molecule has 0 saturated heterocycles. The third kappa shape index (κ3) is 17.3. The summed E-state index contributed by atoms with van der Waals surface area (Å²) in [6.07, 6.45) is 9.49. The molecule has 2 N–H and O–H groups in total. The minimum atomic E-state index is -1.87. The predicted octanol–water partition coefficient (Wildman–Crippen LogP) is 20.0. The maximum Gasteiger partial charge on any atom is 0.305 e. The third-order valence-electron chi connectivity index (χ3n) is 19.3. The molecule has 2 unspecified atom stereocenters. The highest BCUT2D eigenvalue weighted by Gasteiger charge is 2.42. The second-order valence-corrected chi connectivity index (χ2v) is 32.7. The van der Waals surface area contributed by atoms with Gasteiger partial charge in [0, 0.05) is 23.7 Å². The van der Waals surface area contributed by atoms with E-state index in [1.807, 2.05) is 12.1 Å². The fourth-order valence-corrected chi connectivity index (χ4v) is 13.7. The topological polar surface area (TPSA) is 93.1 Å². The zero-order valence-electron chi connectivity index (χ0n) is 55.7. The summed E-state index contributed by atoms with van der Waals surface area (Å²) in [5, 5.41) is 19.8. The second-order valence-electron chi connectivity index (χ2n) is 28.0. The van der Waals surface area contributed by atoms with Crippen LogP contribution in [-0.2, 0) is 55.3 Å². The highest BCUT2D eigenvalue weighted by atomic mass is 28.4. The molecule has 6 rings (SSSR count). The summed E-state index contributed by atoms with van der Waals surface area (Å²) in [6, 6.07) is 44.9. The number of aliphatic hydroxyl groups is 1. The molecule has 0 fully saturated rings. The van der Waals surface area contributed by atoms with Gasteiger partial charge in [0.25, 0.3) is 0 Å². The average molecular weight is 1160 g/mol. The molecular formula is C77H108O6Si. The van der Waals surface area contributed by atoms with E-state index in [1.54, 1.807) is 0 Å². The van der Waals surface area contributed by atoms with Gasteiger partial charge < -0.3 is 19.4 Å². The van der Waals surface area contributed by atoms with Gasteiger partial charge in [0.15, 0.2) is 8.32 Å². The number of rotatable bonds is 24. The van der Waals surface area contributed by atoms with Crippen molar-refractivity contribution in [3.05, 3.63) is 188 Å². The molecule has 0 aliphatic carbocycles. The number of carbonyl (C=O) groups is 2.